The maximum absolute atomic E-state index is 9.59. The number of aldehydes is 1. The van der Waals surface area contributed by atoms with Crippen LogP contribution in [-0.2, 0) is 4.79 Å². The summed E-state index contributed by atoms with van der Waals surface area (Å²) in [6.45, 7) is 3.22. The van der Waals surface area contributed by atoms with Crippen molar-refractivity contribution in [2.75, 3.05) is 0 Å². The Morgan fingerprint density at radius 2 is 2.43 bits per heavy atom. The molecule has 0 spiro atoms. The van der Waals surface area contributed by atoms with Gasteiger partial charge in [0.15, 0.2) is 12.1 Å². The maximum atomic E-state index is 9.59. The third-order valence-corrected chi connectivity index (χ3v) is 0.361. The lowest BCUT2D eigenvalue weighted by Gasteiger charge is -1.76. The molecule has 38 valence electrons. The Kier molecular flexibility index (Phi) is 2.59. The SMILES string of the molecule is C=CN=C(N)C=O. The van der Waals surface area contributed by atoms with E-state index in [1.54, 1.807) is 0 Å². The first-order valence-electron chi connectivity index (χ1n) is 1.70. The minimum absolute atomic E-state index is 0.0463. The molecule has 0 aliphatic carbocycles. The van der Waals surface area contributed by atoms with Crippen molar-refractivity contribution in [2.45, 2.75) is 0 Å². The fraction of sp³-hybridized carbons (Fsp3) is 0. The van der Waals surface area contributed by atoms with E-state index in [2.05, 4.69) is 11.6 Å². The quantitative estimate of drug-likeness (QED) is 0.292. The number of hydrogen-bond donors (Lipinski definition) is 1. The van der Waals surface area contributed by atoms with Crippen molar-refractivity contribution < 1.29 is 4.79 Å². The molecule has 0 radical (unpaired) electrons. The van der Waals surface area contributed by atoms with E-state index in [0.717, 1.165) is 0 Å². The zero-order chi connectivity index (χ0) is 5.70. The van der Waals surface area contributed by atoms with Gasteiger partial charge in [0.25, 0.3) is 0 Å². The normalized spacial score (nSPS) is 10.6. The number of carbonyl (C=O) groups excluding carboxylic acids is 1. The smallest absolute Gasteiger partial charge is 0.184 e. The van der Waals surface area contributed by atoms with Crippen LogP contribution in [0.4, 0.5) is 0 Å². The Hall–Kier alpha value is -1.12. The summed E-state index contributed by atoms with van der Waals surface area (Å²) in [4.78, 5) is 12.9. The van der Waals surface area contributed by atoms with E-state index in [1.807, 2.05) is 0 Å². The van der Waals surface area contributed by atoms with Crippen LogP contribution in [0.25, 0.3) is 0 Å². The Bertz CT molecular complexity index is 106. The molecule has 0 atom stereocenters. The zero-order valence-corrected chi connectivity index (χ0v) is 3.79. The van der Waals surface area contributed by atoms with E-state index in [0.29, 0.717) is 6.29 Å². The molecule has 2 N–H and O–H groups in total. The molecule has 0 saturated carbocycles. The van der Waals surface area contributed by atoms with Gasteiger partial charge in [-0.25, -0.2) is 4.99 Å². The van der Waals surface area contributed by atoms with Crippen LogP contribution >= 0.6 is 0 Å². The van der Waals surface area contributed by atoms with Crippen LogP contribution in [0.2, 0.25) is 0 Å². The third-order valence-electron chi connectivity index (χ3n) is 0.361. The van der Waals surface area contributed by atoms with Crippen LogP contribution in [0.15, 0.2) is 17.8 Å². The molecular formula is C4H6N2O. The first kappa shape index (κ1) is 5.88. The third kappa shape index (κ3) is 2.69. The minimum atomic E-state index is -0.0463. The van der Waals surface area contributed by atoms with Gasteiger partial charge in [-0.3, -0.25) is 4.79 Å². The molecule has 3 nitrogen and oxygen atoms in total. The summed E-state index contributed by atoms with van der Waals surface area (Å²) in [7, 11) is 0. The average molecular weight is 98.1 g/mol. The lowest BCUT2D eigenvalue weighted by molar-refractivity contribution is -0.102. The van der Waals surface area contributed by atoms with E-state index < -0.39 is 0 Å². The molecule has 0 aromatic carbocycles. The Morgan fingerprint density at radius 1 is 1.86 bits per heavy atom. The Morgan fingerprint density at radius 3 is 2.57 bits per heavy atom. The summed E-state index contributed by atoms with van der Waals surface area (Å²) in [5.41, 5.74) is 4.89. The highest BCUT2D eigenvalue weighted by Gasteiger charge is 1.76. The van der Waals surface area contributed by atoms with E-state index >= 15 is 0 Å². The van der Waals surface area contributed by atoms with Crippen LogP contribution in [0.5, 0.6) is 0 Å². The maximum Gasteiger partial charge on any atom is 0.184 e. The van der Waals surface area contributed by atoms with Gasteiger partial charge in [0.1, 0.15) is 0 Å². The molecule has 0 aliphatic heterocycles. The molecule has 0 saturated heterocycles. The minimum Gasteiger partial charge on any atom is -0.381 e. The van der Waals surface area contributed by atoms with Crippen LogP contribution < -0.4 is 5.73 Å². The van der Waals surface area contributed by atoms with Crippen molar-refractivity contribution in [1.29, 1.82) is 0 Å². The average Bonchev–Trinajstić information content (AvgIpc) is 1.68. The van der Waals surface area contributed by atoms with Crippen molar-refractivity contribution in [3.63, 3.8) is 0 Å². The van der Waals surface area contributed by atoms with Gasteiger partial charge in [-0.15, -0.1) is 0 Å². The molecular weight excluding hydrogens is 92.1 g/mol. The van der Waals surface area contributed by atoms with E-state index in [4.69, 9.17) is 5.73 Å². The lowest BCUT2D eigenvalue weighted by atomic mass is 10.7. The predicted octanol–water partition coefficient (Wildman–Crippen LogP) is -0.314. The molecule has 7 heavy (non-hydrogen) atoms. The molecule has 0 rings (SSSR count). The Balaban J connectivity index is 3.72. The number of nitrogens with zero attached hydrogens (tertiary/aromatic N) is 1. The summed E-state index contributed by atoms with van der Waals surface area (Å²) in [6.07, 6.45) is 1.67. The molecule has 0 bridgehead atoms. The molecule has 0 unspecified atom stereocenters. The van der Waals surface area contributed by atoms with Crippen LogP contribution in [0.1, 0.15) is 0 Å². The highest BCUT2D eigenvalue weighted by atomic mass is 16.1. The molecule has 0 aromatic heterocycles. The zero-order valence-electron chi connectivity index (χ0n) is 3.79. The number of carbonyl (C=O) groups is 1. The second-order valence-electron chi connectivity index (χ2n) is 0.854. The highest BCUT2D eigenvalue weighted by molar-refractivity contribution is 6.26. The summed E-state index contributed by atoms with van der Waals surface area (Å²) in [6, 6.07) is 0. The van der Waals surface area contributed by atoms with Crippen LogP contribution in [0.3, 0.4) is 0 Å². The fourth-order valence-corrected chi connectivity index (χ4v) is 0.136. The van der Waals surface area contributed by atoms with Crippen molar-refractivity contribution >= 4 is 12.1 Å². The van der Waals surface area contributed by atoms with Gasteiger partial charge >= 0.3 is 0 Å². The largest absolute Gasteiger partial charge is 0.381 e. The number of aliphatic imine (C=N–C) groups is 1. The number of hydrogen-bond acceptors (Lipinski definition) is 2. The summed E-state index contributed by atoms with van der Waals surface area (Å²) < 4.78 is 0. The predicted molar refractivity (Wildman–Crippen MR) is 27.9 cm³/mol. The Labute approximate surface area is 41.5 Å². The topological polar surface area (TPSA) is 55.4 Å². The fourth-order valence-electron chi connectivity index (χ4n) is 0.136. The van der Waals surface area contributed by atoms with Gasteiger partial charge in [0, 0.05) is 6.20 Å². The van der Waals surface area contributed by atoms with Gasteiger partial charge in [-0.2, -0.15) is 0 Å². The van der Waals surface area contributed by atoms with Crippen molar-refractivity contribution in [2.24, 2.45) is 10.7 Å². The second kappa shape index (κ2) is 3.08. The number of rotatable bonds is 2. The summed E-state index contributed by atoms with van der Waals surface area (Å²) in [5.74, 6) is -0.0463. The van der Waals surface area contributed by atoms with Crippen molar-refractivity contribution in [3.8, 4) is 0 Å². The molecule has 0 aliphatic rings. The molecule has 3 heteroatoms. The summed E-state index contributed by atoms with van der Waals surface area (Å²) >= 11 is 0. The standard InChI is InChI=1S/C4H6N2O/c1-2-6-4(5)3-7/h2-3H,1H2,(H2,5,6). The van der Waals surface area contributed by atoms with Crippen LogP contribution in [0, 0.1) is 0 Å². The van der Waals surface area contributed by atoms with E-state index in [9.17, 15) is 4.79 Å². The van der Waals surface area contributed by atoms with Gasteiger partial charge in [-0.1, -0.05) is 6.58 Å². The van der Waals surface area contributed by atoms with Crippen LogP contribution in [-0.4, -0.2) is 12.1 Å². The van der Waals surface area contributed by atoms with Crippen molar-refractivity contribution in [3.05, 3.63) is 12.8 Å². The van der Waals surface area contributed by atoms with E-state index in [-0.39, 0.29) is 5.84 Å². The number of amidine groups is 1. The summed E-state index contributed by atoms with van der Waals surface area (Å²) in [5, 5.41) is 0. The monoisotopic (exact) mass is 98.0 g/mol. The molecule has 0 aromatic rings. The first-order chi connectivity index (χ1) is 3.31. The second-order valence-corrected chi connectivity index (χ2v) is 0.854. The lowest BCUT2D eigenvalue weighted by Crippen LogP contribution is -2.11. The van der Waals surface area contributed by atoms with Crippen molar-refractivity contribution in [1.82, 2.24) is 0 Å². The molecule has 0 heterocycles. The highest BCUT2D eigenvalue weighted by Crippen LogP contribution is 1.63. The van der Waals surface area contributed by atoms with E-state index in [1.165, 1.54) is 6.20 Å². The van der Waals surface area contributed by atoms with Gasteiger partial charge in [0.05, 0.1) is 0 Å². The van der Waals surface area contributed by atoms with Gasteiger partial charge < -0.3 is 5.73 Å². The molecule has 0 fully saturated rings. The first-order valence-corrected chi connectivity index (χ1v) is 1.70. The van der Waals surface area contributed by atoms with Gasteiger partial charge in [0.2, 0.25) is 0 Å². The molecule has 0 amide bonds. The van der Waals surface area contributed by atoms with Gasteiger partial charge in [-0.05, 0) is 0 Å². The number of nitrogens with two attached hydrogens (primary N) is 1.